The number of nitrogens with one attached hydrogen (secondary N) is 1. The van der Waals surface area contributed by atoms with Crippen molar-refractivity contribution in [3.05, 3.63) is 35.4 Å². The molecule has 0 fully saturated rings. The maximum Gasteiger partial charge on any atom is 0.351 e. The second-order valence-corrected chi connectivity index (χ2v) is 3.73. The van der Waals surface area contributed by atoms with E-state index in [1.165, 1.54) is 0 Å². The van der Waals surface area contributed by atoms with Gasteiger partial charge in [-0.1, -0.05) is 12.1 Å². The molecule has 5 nitrogen and oxygen atoms in total. The monoisotopic (exact) mass is 259 g/mol. The van der Waals surface area contributed by atoms with Gasteiger partial charge in [0.2, 0.25) is 0 Å². The fourth-order valence-corrected chi connectivity index (χ4v) is 1.54. The largest absolute Gasteiger partial charge is 0.462 e. The molecule has 0 aliphatic rings. The molecule has 0 bridgehead atoms. The van der Waals surface area contributed by atoms with Crippen LogP contribution in [0.4, 0.5) is 5.69 Å². The Bertz CT molecular complexity index is 512. The van der Waals surface area contributed by atoms with E-state index in [4.69, 9.17) is 15.7 Å². The van der Waals surface area contributed by atoms with Crippen molar-refractivity contribution in [2.45, 2.75) is 13.8 Å². The molecule has 0 atom stereocenters. The van der Waals surface area contributed by atoms with E-state index in [9.17, 15) is 4.79 Å². The Morgan fingerprint density at radius 3 is 2.47 bits per heavy atom. The van der Waals surface area contributed by atoms with Crippen LogP contribution in [0.25, 0.3) is 5.70 Å². The molecule has 0 heterocycles. The van der Waals surface area contributed by atoms with E-state index in [1.54, 1.807) is 25.1 Å². The van der Waals surface area contributed by atoms with Gasteiger partial charge in [-0.25, -0.2) is 4.79 Å². The number of carbonyl (C=O) groups excluding carboxylic acids is 1. The van der Waals surface area contributed by atoms with Crippen LogP contribution >= 0.6 is 0 Å². The van der Waals surface area contributed by atoms with Crippen molar-refractivity contribution in [2.24, 2.45) is 5.73 Å². The van der Waals surface area contributed by atoms with Gasteiger partial charge in [0, 0.05) is 12.2 Å². The van der Waals surface area contributed by atoms with Crippen LogP contribution in [0.3, 0.4) is 0 Å². The number of carbonyl (C=O) groups is 1. The fourth-order valence-electron chi connectivity index (χ4n) is 1.54. The minimum atomic E-state index is -0.696. The third-order valence-corrected chi connectivity index (χ3v) is 2.44. The van der Waals surface area contributed by atoms with Gasteiger partial charge in [0.25, 0.3) is 0 Å². The number of nitrogens with zero attached hydrogens (tertiary/aromatic N) is 1. The number of rotatable bonds is 5. The van der Waals surface area contributed by atoms with Crippen molar-refractivity contribution >= 4 is 17.4 Å². The third-order valence-electron chi connectivity index (χ3n) is 2.44. The highest BCUT2D eigenvalue weighted by molar-refractivity contribution is 6.01. The van der Waals surface area contributed by atoms with Crippen LogP contribution in [0.15, 0.2) is 29.8 Å². The van der Waals surface area contributed by atoms with Crippen LogP contribution < -0.4 is 11.1 Å². The van der Waals surface area contributed by atoms with Gasteiger partial charge < -0.3 is 15.8 Å². The molecule has 0 unspecified atom stereocenters. The van der Waals surface area contributed by atoms with Crippen molar-refractivity contribution < 1.29 is 9.53 Å². The van der Waals surface area contributed by atoms with Crippen molar-refractivity contribution in [3.63, 3.8) is 0 Å². The van der Waals surface area contributed by atoms with Crippen molar-refractivity contribution in [2.75, 3.05) is 18.5 Å². The molecule has 0 aliphatic heterocycles. The summed E-state index contributed by atoms with van der Waals surface area (Å²) in [6.45, 7) is 4.69. The van der Waals surface area contributed by atoms with Crippen LogP contribution in [0, 0.1) is 11.3 Å². The average Bonchev–Trinajstić information content (AvgIpc) is 2.41. The Labute approximate surface area is 112 Å². The van der Waals surface area contributed by atoms with E-state index in [0.717, 1.165) is 12.2 Å². The molecule has 1 aromatic carbocycles. The molecule has 1 aromatic rings. The van der Waals surface area contributed by atoms with Gasteiger partial charge >= 0.3 is 5.97 Å². The molecule has 5 heteroatoms. The second kappa shape index (κ2) is 7.07. The van der Waals surface area contributed by atoms with E-state index >= 15 is 0 Å². The summed E-state index contributed by atoms with van der Waals surface area (Å²) < 4.78 is 4.79. The molecule has 0 saturated heterocycles. The Morgan fingerprint density at radius 1 is 1.37 bits per heavy atom. The summed E-state index contributed by atoms with van der Waals surface area (Å²) in [6, 6.07) is 8.98. The van der Waals surface area contributed by atoms with Gasteiger partial charge in [0.05, 0.1) is 12.3 Å². The van der Waals surface area contributed by atoms with Gasteiger partial charge in [0.1, 0.15) is 6.07 Å². The molecule has 0 saturated carbocycles. The smallest absolute Gasteiger partial charge is 0.351 e. The summed E-state index contributed by atoms with van der Waals surface area (Å²) >= 11 is 0. The first kappa shape index (κ1) is 14.6. The van der Waals surface area contributed by atoms with E-state index in [-0.39, 0.29) is 17.9 Å². The minimum Gasteiger partial charge on any atom is -0.462 e. The first-order chi connectivity index (χ1) is 9.13. The average molecular weight is 259 g/mol. The Morgan fingerprint density at radius 2 is 2.00 bits per heavy atom. The number of anilines is 1. The lowest BCUT2D eigenvalue weighted by Gasteiger charge is -2.07. The van der Waals surface area contributed by atoms with Crippen LogP contribution in [-0.2, 0) is 9.53 Å². The molecular weight excluding hydrogens is 242 g/mol. The zero-order valence-corrected chi connectivity index (χ0v) is 11.1. The lowest BCUT2D eigenvalue weighted by Crippen LogP contribution is -2.12. The molecule has 0 aliphatic carbocycles. The molecule has 0 radical (unpaired) electrons. The van der Waals surface area contributed by atoms with Crippen LogP contribution in [0.1, 0.15) is 19.4 Å². The Kier molecular flexibility index (Phi) is 5.42. The Balaban J connectivity index is 3.05. The van der Waals surface area contributed by atoms with Crippen LogP contribution in [0.2, 0.25) is 0 Å². The number of hydrogen-bond acceptors (Lipinski definition) is 5. The molecule has 1 rings (SSSR count). The molecule has 0 amide bonds. The molecule has 19 heavy (non-hydrogen) atoms. The van der Waals surface area contributed by atoms with E-state index in [2.05, 4.69) is 5.32 Å². The number of benzene rings is 1. The van der Waals surface area contributed by atoms with Crippen molar-refractivity contribution in [1.82, 2.24) is 0 Å². The van der Waals surface area contributed by atoms with E-state index in [1.807, 2.05) is 19.1 Å². The number of esters is 1. The topological polar surface area (TPSA) is 88.1 Å². The normalized spacial score (nSPS) is 11.2. The lowest BCUT2D eigenvalue weighted by atomic mass is 10.1. The molecule has 0 spiro atoms. The number of hydrogen-bond donors (Lipinski definition) is 2. The van der Waals surface area contributed by atoms with Crippen LogP contribution in [0.5, 0.6) is 0 Å². The maximum absolute atomic E-state index is 11.6. The van der Waals surface area contributed by atoms with Gasteiger partial charge in [-0.2, -0.15) is 5.26 Å². The minimum absolute atomic E-state index is 0.129. The van der Waals surface area contributed by atoms with E-state index < -0.39 is 5.97 Å². The first-order valence-electron chi connectivity index (χ1n) is 6.05. The summed E-state index contributed by atoms with van der Waals surface area (Å²) in [6.07, 6.45) is 0. The zero-order valence-electron chi connectivity index (χ0n) is 11.1. The fraction of sp³-hybridized carbons (Fsp3) is 0.286. The van der Waals surface area contributed by atoms with Crippen molar-refractivity contribution in [1.29, 1.82) is 5.26 Å². The van der Waals surface area contributed by atoms with Crippen LogP contribution in [-0.4, -0.2) is 19.1 Å². The van der Waals surface area contributed by atoms with Gasteiger partial charge in [0.15, 0.2) is 5.57 Å². The number of ether oxygens (including phenoxy) is 1. The van der Waals surface area contributed by atoms with Gasteiger partial charge in [-0.3, -0.25) is 0 Å². The predicted octanol–water partition coefficient (Wildman–Crippen LogP) is 1.87. The summed E-state index contributed by atoms with van der Waals surface area (Å²) in [5.41, 5.74) is 7.37. The number of nitriles is 1. The molecule has 100 valence electrons. The summed E-state index contributed by atoms with van der Waals surface area (Å²) in [5.74, 6) is -0.696. The zero-order chi connectivity index (χ0) is 14.3. The number of nitrogens with two attached hydrogens (primary N) is 1. The maximum atomic E-state index is 11.6. The van der Waals surface area contributed by atoms with Crippen molar-refractivity contribution in [3.8, 4) is 6.07 Å². The molecule has 3 N–H and O–H groups in total. The summed E-state index contributed by atoms with van der Waals surface area (Å²) in [4.78, 5) is 11.6. The van der Waals surface area contributed by atoms with E-state index in [0.29, 0.717) is 5.56 Å². The first-order valence-corrected chi connectivity index (χ1v) is 6.05. The highest BCUT2D eigenvalue weighted by atomic mass is 16.5. The highest BCUT2D eigenvalue weighted by Gasteiger charge is 2.15. The summed E-state index contributed by atoms with van der Waals surface area (Å²) in [5, 5.41) is 12.1. The summed E-state index contributed by atoms with van der Waals surface area (Å²) in [7, 11) is 0. The SMILES string of the molecule is CCNc1ccc(/C(N)=C(\C#N)C(=O)OCC)cc1. The predicted molar refractivity (Wildman–Crippen MR) is 74.0 cm³/mol. The third kappa shape index (κ3) is 3.75. The Hall–Kier alpha value is -2.48. The molecule has 0 aromatic heterocycles. The standard InChI is InChI=1S/C14H17N3O2/c1-3-17-11-7-5-10(6-8-11)13(16)12(9-15)14(18)19-4-2/h5-8,17H,3-4,16H2,1-2H3/b13-12-. The van der Waals surface area contributed by atoms with Gasteiger partial charge in [-0.15, -0.1) is 0 Å². The molecular formula is C14H17N3O2. The van der Waals surface area contributed by atoms with Gasteiger partial charge in [-0.05, 0) is 31.5 Å². The second-order valence-electron chi connectivity index (χ2n) is 3.73. The lowest BCUT2D eigenvalue weighted by molar-refractivity contribution is -0.137. The quantitative estimate of drug-likeness (QED) is 0.479. The highest BCUT2D eigenvalue weighted by Crippen LogP contribution is 2.17.